The summed E-state index contributed by atoms with van der Waals surface area (Å²) in [6.07, 6.45) is 0. The zero-order valence-electron chi connectivity index (χ0n) is 17.8. The first-order chi connectivity index (χ1) is 15.5. The molecule has 5 rings (SSSR count). The summed E-state index contributed by atoms with van der Waals surface area (Å²) >= 11 is 9.67. The number of aryl methyl sites for hydroxylation is 1. The van der Waals surface area contributed by atoms with Crippen molar-refractivity contribution in [2.45, 2.75) is 20.8 Å². The van der Waals surface area contributed by atoms with Gasteiger partial charge in [-0.3, -0.25) is 0 Å². The van der Waals surface area contributed by atoms with Crippen LogP contribution in [0.25, 0.3) is 45.1 Å². The molecule has 0 fully saturated rings. The molecule has 0 aliphatic heterocycles. The van der Waals surface area contributed by atoms with E-state index in [0.717, 1.165) is 33.5 Å². The van der Waals surface area contributed by atoms with Gasteiger partial charge in [0.05, 0.1) is 21.6 Å². The highest BCUT2D eigenvalue weighted by molar-refractivity contribution is 9.10. The van der Waals surface area contributed by atoms with Gasteiger partial charge in [0.25, 0.3) is 0 Å². The van der Waals surface area contributed by atoms with Crippen molar-refractivity contribution in [3.63, 3.8) is 0 Å². The Kier molecular flexibility index (Phi) is 6.44. The van der Waals surface area contributed by atoms with Crippen molar-refractivity contribution in [2.24, 2.45) is 0 Å². The van der Waals surface area contributed by atoms with Gasteiger partial charge < -0.3 is 9.97 Å². The second-order valence-corrected chi connectivity index (χ2v) is 8.18. The second-order valence-electron chi connectivity index (χ2n) is 6.98. The first-order valence-corrected chi connectivity index (χ1v) is 11.4. The molecule has 3 aromatic carbocycles. The SMILES string of the molecule is CC.Cc1cccc2[nH]c(-c3ccc(-c4nc(-c5c(F)cccc5Cl)[nH]c4Br)cc3)nc12. The second kappa shape index (κ2) is 9.27. The van der Waals surface area contributed by atoms with Gasteiger partial charge in [-0.1, -0.05) is 67.9 Å². The maximum absolute atomic E-state index is 14.3. The highest BCUT2D eigenvalue weighted by atomic mass is 79.9. The van der Waals surface area contributed by atoms with E-state index >= 15 is 0 Å². The molecule has 0 bridgehead atoms. The van der Waals surface area contributed by atoms with Crippen LogP contribution in [0.15, 0.2) is 65.3 Å². The number of nitrogens with one attached hydrogen (secondary N) is 2. The molecule has 0 atom stereocenters. The van der Waals surface area contributed by atoms with E-state index in [1.165, 1.54) is 6.07 Å². The van der Waals surface area contributed by atoms with Crippen LogP contribution in [0.3, 0.4) is 0 Å². The zero-order valence-corrected chi connectivity index (χ0v) is 20.1. The Labute approximate surface area is 199 Å². The van der Waals surface area contributed by atoms with Crippen molar-refractivity contribution < 1.29 is 4.39 Å². The number of imidazole rings is 2. The predicted molar refractivity (Wildman–Crippen MR) is 133 cm³/mol. The van der Waals surface area contributed by atoms with Crippen LogP contribution >= 0.6 is 27.5 Å². The van der Waals surface area contributed by atoms with Crippen LogP contribution in [0.2, 0.25) is 5.02 Å². The fourth-order valence-electron chi connectivity index (χ4n) is 3.48. The summed E-state index contributed by atoms with van der Waals surface area (Å²) in [5.41, 5.74) is 5.89. The van der Waals surface area contributed by atoms with Crippen molar-refractivity contribution in [3.05, 3.63) is 81.7 Å². The van der Waals surface area contributed by atoms with E-state index in [1.807, 2.05) is 63.2 Å². The smallest absolute Gasteiger partial charge is 0.143 e. The van der Waals surface area contributed by atoms with Gasteiger partial charge in [0.1, 0.15) is 27.8 Å². The topological polar surface area (TPSA) is 57.4 Å². The molecule has 0 aliphatic carbocycles. The molecule has 162 valence electrons. The normalized spacial score (nSPS) is 10.8. The largest absolute Gasteiger partial charge is 0.338 e. The van der Waals surface area contributed by atoms with Crippen molar-refractivity contribution in [3.8, 4) is 34.0 Å². The lowest BCUT2D eigenvalue weighted by molar-refractivity contribution is 0.630. The van der Waals surface area contributed by atoms with E-state index in [4.69, 9.17) is 16.6 Å². The number of aromatic nitrogens is 4. The Balaban J connectivity index is 0.00000119. The molecule has 2 N–H and O–H groups in total. The first kappa shape index (κ1) is 22.2. The quantitative estimate of drug-likeness (QED) is 0.257. The Morgan fingerprint density at radius 1 is 0.844 bits per heavy atom. The van der Waals surface area contributed by atoms with Crippen LogP contribution in [0.5, 0.6) is 0 Å². The van der Waals surface area contributed by atoms with Crippen molar-refractivity contribution in [2.75, 3.05) is 0 Å². The molecule has 2 heterocycles. The third kappa shape index (κ3) is 4.08. The molecule has 0 spiro atoms. The molecule has 4 nitrogen and oxygen atoms in total. The lowest BCUT2D eigenvalue weighted by Gasteiger charge is -2.02. The van der Waals surface area contributed by atoms with E-state index in [1.54, 1.807) is 12.1 Å². The van der Waals surface area contributed by atoms with E-state index in [9.17, 15) is 4.39 Å². The maximum atomic E-state index is 14.3. The number of rotatable bonds is 3. The summed E-state index contributed by atoms with van der Waals surface area (Å²) in [6.45, 7) is 6.05. The molecule has 5 aromatic rings. The number of hydrogen-bond acceptors (Lipinski definition) is 2. The number of aromatic amines is 2. The molecule has 32 heavy (non-hydrogen) atoms. The Bertz CT molecular complexity index is 1370. The van der Waals surface area contributed by atoms with Gasteiger partial charge in [0.15, 0.2) is 0 Å². The minimum atomic E-state index is -0.425. The minimum Gasteiger partial charge on any atom is -0.338 e. The van der Waals surface area contributed by atoms with Gasteiger partial charge in [-0.05, 0) is 46.6 Å². The monoisotopic (exact) mass is 510 g/mol. The third-order valence-corrected chi connectivity index (χ3v) is 5.89. The molecule has 2 aromatic heterocycles. The van der Waals surface area contributed by atoms with Crippen molar-refractivity contribution in [1.82, 2.24) is 19.9 Å². The van der Waals surface area contributed by atoms with Crippen LogP contribution in [-0.2, 0) is 0 Å². The average molecular weight is 512 g/mol. The summed E-state index contributed by atoms with van der Waals surface area (Å²) in [4.78, 5) is 15.7. The number of para-hydroxylation sites is 1. The van der Waals surface area contributed by atoms with Crippen LogP contribution < -0.4 is 0 Å². The van der Waals surface area contributed by atoms with Crippen molar-refractivity contribution in [1.29, 1.82) is 0 Å². The summed E-state index contributed by atoms with van der Waals surface area (Å²) in [6, 6.07) is 18.5. The number of halogens is 3. The van der Waals surface area contributed by atoms with E-state index in [0.29, 0.717) is 21.1 Å². The lowest BCUT2D eigenvalue weighted by Crippen LogP contribution is -1.88. The Morgan fingerprint density at radius 2 is 1.53 bits per heavy atom. The highest BCUT2D eigenvalue weighted by Crippen LogP contribution is 2.34. The molecule has 0 saturated carbocycles. The molecule has 7 heteroatoms. The first-order valence-electron chi connectivity index (χ1n) is 10.3. The predicted octanol–water partition coefficient (Wildman–Crippen LogP) is 8.18. The Morgan fingerprint density at radius 3 is 2.22 bits per heavy atom. The molecule has 0 aliphatic rings. The molecule has 0 amide bonds. The van der Waals surface area contributed by atoms with Crippen LogP contribution in [0.1, 0.15) is 19.4 Å². The zero-order chi connectivity index (χ0) is 22.8. The van der Waals surface area contributed by atoms with Crippen LogP contribution in [0.4, 0.5) is 4.39 Å². The number of benzene rings is 3. The van der Waals surface area contributed by atoms with Gasteiger partial charge in [0.2, 0.25) is 0 Å². The summed E-state index contributed by atoms with van der Waals surface area (Å²) < 4.78 is 14.9. The van der Waals surface area contributed by atoms with Gasteiger partial charge in [0, 0.05) is 11.1 Å². The number of hydrogen-bond donors (Lipinski definition) is 2. The molecular weight excluding hydrogens is 491 g/mol. The highest BCUT2D eigenvalue weighted by Gasteiger charge is 2.17. The molecular formula is C25H21BrClFN4. The molecule has 0 saturated heterocycles. The van der Waals surface area contributed by atoms with E-state index < -0.39 is 5.82 Å². The van der Waals surface area contributed by atoms with Crippen molar-refractivity contribution >= 4 is 38.6 Å². The maximum Gasteiger partial charge on any atom is 0.143 e. The number of fused-ring (bicyclic) bond motifs is 1. The summed E-state index contributed by atoms with van der Waals surface area (Å²) in [5.74, 6) is 0.758. The minimum absolute atomic E-state index is 0.250. The number of nitrogens with zero attached hydrogens (tertiary/aromatic N) is 2. The van der Waals surface area contributed by atoms with Crippen LogP contribution in [-0.4, -0.2) is 19.9 Å². The lowest BCUT2D eigenvalue weighted by atomic mass is 10.1. The van der Waals surface area contributed by atoms with Gasteiger partial charge >= 0.3 is 0 Å². The molecule has 0 radical (unpaired) electrons. The fourth-order valence-corrected chi connectivity index (χ4v) is 4.24. The average Bonchev–Trinajstić information content (AvgIpc) is 3.40. The van der Waals surface area contributed by atoms with Gasteiger partial charge in [-0.15, -0.1) is 0 Å². The fraction of sp³-hybridized carbons (Fsp3) is 0.120. The standard InChI is InChI=1S/C23H15BrClFN4.C2H6/c1-12-4-2-7-17-19(12)28-22(27-17)14-10-8-13(9-11-14)20-21(24)30-23(29-20)18-15(25)5-3-6-16(18)26;1-2/h2-11H,1H3,(H,27,28)(H,29,30);1-2H3. The van der Waals surface area contributed by atoms with E-state index in [2.05, 4.69) is 30.9 Å². The van der Waals surface area contributed by atoms with E-state index in [-0.39, 0.29) is 5.56 Å². The number of H-pyrrole nitrogens is 2. The van der Waals surface area contributed by atoms with Crippen LogP contribution in [0, 0.1) is 12.7 Å². The summed E-state index contributed by atoms with van der Waals surface area (Å²) in [5, 5.41) is 0.304. The summed E-state index contributed by atoms with van der Waals surface area (Å²) in [7, 11) is 0. The Hall–Kier alpha value is -2.96. The molecule has 0 unspecified atom stereocenters. The van der Waals surface area contributed by atoms with Gasteiger partial charge in [-0.25, -0.2) is 14.4 Å². The third-order valence-electron chi connectivity index (χ3n) is 5.01. The van der Waals surface area contributed by atoms with Gasteiger partial charge in [-0.2, -0.15) is 0 Å².